The van der Waals surface area contributed by atoms with Gasteiger partial charge in [0.2, 0.25) is 0 Å². The monoisotopic (exact) mass is 341 g/mol. The lowest BCUT2D eigenvalue weighted by molar-refractivity contribution is -0.135. The van der Waals surface area contributed by atoms with Crippen LogP contribution in [-0.2, 0) is 11.3 Å². The number of hydrogen-bond acceptors (Lipinski definition) is 5. The van der Waals surface area contributed by atoms with Crippen LogP contribution in [0.4, 0.5) is 0 Å². The van der Waals surface area contributed by atoms with Gasteiger partial charge in [0.15, 0.2) is 0 Å². The van der Waals surface area contributed by atoms with Gasteiger partial charge in [-0.05, 0) is 43.3 Å². The fourth-order valence-electron chi connectivity index (χ4n) is 2.09. The second-order valence-corrected chi connectivity index (χ2v) is 5.91. The molecule has 2 aromatic carbocycles. The zero-order valence-electron chi connectivity index (χ0n) is 13.0. The summed E-state index contributed by atoms with van der Waals surface area (Å²) >= 11 is 1.07. The van der Waals surface area contributed by atoms with Crippen molar-refractivity contribution in [2.75, 3.05) is 0 Å². The first kappa shape index (κ1) is 16.0. The van der Waals surface area contributed by atoms with Gasteiger partial charge in [0, 0.05) is 11.1 Å². The summed E-state index contributed by atoms with van der Waals surface area (Å²) in [4.78, 5) is 23.4. The third-order valence-corrected chi connectivity index (χ3v) is 4.18. The maximum absolute atomic E-state index is 12.0. The van der Waals surface area contributed by atoms with E-state index in [0.29, 0.717) is 11.5 Å². The number of hydrogen-bond donors (Lipinski definition) is 0. The summed E-state index contributed by atoms with van der Waals surface area (Å²) in [5.41, 5.74) is 0.744. The number of ether oxygens (including phenoxy) is 2. The van der Waals surface area contributed by atoms with Gasteiger partial charge in [-0.25, -0.2) is 4.79 Å². The van der Waals surface area contributed by atoms with Gasteiger partial charge in [0.1, 0.15) is 23.8 Å². The van der Waals surface area contributed by atoms with Crippen LogP contribution in [0.1, 0.15) is 5.69 Å². The van der Waals surface area contributed by atoms with Gasteiger partial charge in [-0.1, -0.05) is 29.5 Å². The van der Waals surface area contributed by atoms with Crippen molar-refractivity contribution in [2.24, 2.45) is 0 Å². The molecule has 0 aliphatic carbocycles. The summed E-state index contributed by atoms with van der Waals surface area (Å²) in [6.07, 6.45) is 0. The third-order valence-electron chi connectivity index (χ3n) is 3.30. The van der Waals surface area contributed by atoms with Gasteiger partial charge in [-0.3, -0.25) is 9.36 Å². The molecule has 0 fully saturated rings. The molecule has 0 N–H and O–H groups in total. The molecule has 5 nitrogen and oxygen atoms in total. The van der Waals surface area contributed by atoms with Gasteiger partial charge in [0.05, 0.1) is 0 Å². The van der Waals surface area contributed by atoms with Crippen LogP contribution in [0.25, 0.3) is 0 Å². The Bertz CT molecular complexity index is 881. The molecule has 0 unspecified atom stereocenters. The van der Waals surface area contributed by atoms with Crippen molar-refractivity contribution in [3.05, 3.63) is 75.3 Å². The quantitative estimate of drug-likeness (QED) is 0.525. The smallest absolute Gasteiger partial charge is 0.331 e. The third kappa shape index (κ3) is 3.91. The molecule has 122 valence electrons. The van der Waals surface area contributed by atoms with Gasteiger partial charge in [-0.2, -0.15) is 0 Å². The minimum absolute atomic E-state index is 0.101. The Balaban J connectivity index is 1.62. The number of thiazole rings is 1. The number of aromatic nitrogens is 1. The molecule has 0 saturated heterocycles. The van der Waals surface area contributed by atoms with Crippen LogP contribution in [0, 0.1) is 6.92 Å². The maximum atomic E-state index is 12.0. The van der Waals surface area contributed by atoms with E-state index in [1.54, 1.807) is 36.6 Å². The SMILES string of the molecule is Cc1csc(=O)n1CC(=O)Oc1ccc(Oc2ccccc2)cc1. The second kappa shape index (κ2) is 7.14. The molecule has 1 aromatic heterocycles. The Hall–Kier alpha value is -2.86. The van der Waals surface area contributed by atoms with Crippen molar-refractivity contribution in [1.29, 1.82) is 0 Å². The molecule has 1 heterocycles. The minimum Gasteiger partial charge on any atom is -0.457 e. The molecule has 3 aromatic rings. The van der Waals surface area contributed by atoms with Crippen molar-refractivity contribution in [2.45, 2.75) is 13.5 Å². The predicted octanol–water partition coefficient (Wildman–Crippen LogP) is 3.62. The number of para-hydroxylation sites is 1. The molecule has 24 heavy (non-hydrogen) atoms. The summed E-state index contributed by atoms with van der Waals surface area (Å²) in [7, 11) is 0. The van der Waals surface area contributed by atoms with Crippen molar-refractivity contribution >= 4 is 17.3 Å². The Morgan fingerprint density at radius 1 is 1.00 bits per heavy atom. The fourth-order valence-corrected chi connectivity index (χ4v) is 2.82. The van der Waals surface area contributed by atoms with Crippen LogP contribution in [0.5, 0.6) is 17.2 Å². The molecule has 3 rings (SSSR count). The van der Waals surface area contributed by atoms with Crippen molar-refractivity contribution in [1.82, 2.24) is 4.57 Å². The first-order valence-corrected chi connectivity index (χ1v) is 8.18. The van der Waals surface area contributed by atoms with Crippen LogP contribution in [0.15, 0.2) is 64.8 Å². The minimum atomic E-state index is -0.490. The van der Waals surface area contributed by atoms with Gasteiger partial charge < -0.3 is 9.47 Å². The van der Waals surface area contributed by atoms with E-state index in [1.807, 2.05) is 30.3 Å². The maximum Gasteiger partial charge on any atom is 0.331 e. The Labute approximate surface area is 142 Å². The molecule has 0 atom stereocenters. The van der Waals surface area contributed by atoms with E-state index < -0.39 is 5.97 Å². The Morgan fingerprint density at radius 2 is 1.62 bits per heavy atom. The van der Waals surface area contributed by atoms with Crippen molar-refractivity contribution < 1.29 is 14.3 Å². The average Bonchev–Trinajstić information content (AvgIpc) is 2.89. The number of esters is 1. The molecular formula is C18H15NO4S. The van der Waals surface area contributed by atoms with Crippen LogP contribution < -0.4 is 14.3 Å². The molecule has 0 amide bonds. The number of carbonyl (C=O) groups is 1. The Kier molecular flexibility index (Phi) is 4.77. The van der Waals surface area contributed by atoms with Crippen LogP contribution >= 0.6 is 11.3 Å². The number of nitrogens with zero attached hydrogens (tertiary/aromatic N) is 1. The number of benzene rings is 2. The average molecular weight is 341 g/mol. The molecular weight excluding hydrogens is 326 g/mol. The van der Waals surface area contributed by atoms with E-state index in [1.165, 1.54) is 4.57 Å². The molecule has 0 radical (unpaired) electrons. The highest BCUT2D eigenvalue weighted by molar-refractivity contribution is 7.07. The van der Waals surface area contributed by atoms with E-state index >= 15 is 0 Å². The highest BCUT2D eigenvalue weighted by Gasteiger charge is 2.10. The summed E-state index contributed by atoms with van der Waals surface area (Å²) < 4.78 is 12.3. The Morgan fingerprint density at radius 3 is 2.25 bits per heavy atom. The standard InChI is InChI=1S/C18H15NO4S/c1-13-12-24-18(21)19(13)11-17(20)23-16-9-7-15(8-10-16)22-14-5-3-2-4-6-14/h2-10,12H,11H2,1H3. The van der Waals surface area contributed by atoms with Crippen LogP contribution in [-0.4, -0.2) is 10.5 Å². The van der Waals surface area contributed by atoms with E-state index in [9.17, 15) is 9.59 Å². The van der Waals surface area contributed by atoms with Crippen molar-refractivity contribution in [3.63, 3.8) is 0 Å². The lowest BCUT2D eigenvalue weighted by atomic mass is 10.3. The highest BCUT2D eigenvalue weighted by Crippen LogP contribution is 2.23. The van der Waals surface area contributed by atoms with E-state index in [0.717, 1.165) is 22.8 Å². The summed E-state index contributed by atoms with van der Waals surface area (Å²) in [6, 6.07) is 16.1. The lowest BCUT2D eigenvalue weighted by Gasteiger charge is -2.08. The lowest BCUT2D eigenvalue weighted by Crippen LogP contribution is -2.23. The molecule has 0 aliphatic rings. The first-order chi connectivity index (χ1) is 11.6. The summed E-state index contributed by atoms with van der Waals surface area (Å²) in [6.45, 7) is 1.68. The van der Waals surface area contributed by atoms with Gasteiger partial charge >= 0.3 is 10.8 Å². The fraction of sp³-hybridized carbons (Fsp3) is 0.111. The highest BCUT2D eigenvalue weighted by atomic mass is 32.1. The summed E-state index contributed by atoms with van der Waals surface area (Å²) in [5, 5.41) is 1.71. The molecule has 0 bridgehead atoms. The zero-order valence-corrected chi connectivity index (χ0v) is 13.8. The van der Waals surface area contributed by atoms with E-state index in [4.69, 9.17) is 9.47 Å². The van der Waals surface area contributed by atoms with Gasteiger partial charge in [0.25, 0.3) is 0 Å². The molecule has 0 spiro atoms. The first-order valence-electron chi connectivity index (χ1n) is 7.30. The predicted molar refractivity (Wildman–Crippen MR) is 91.9 cm³/mol. The zero-order chi connectivity index (χ0) is 16.9. The van der Waals surface area contributed by atoms with Crippen LogP contribution in [0.2, 0.25) is 0 Å². The van der Waals surface area contributed by atoms with E-state index in [2.05, 4.69) is 0 Å². The second-order valence-electron chi connectivity index (χ2n) is 5.09. The topological polar surface area (TPSA) is 57.5 Å². The number of carbonyl (C=O) groups excluding carboxylic acids is 1. The summed E-state index contributed by atoms with van der Waals surface area (Å²) in [5.74, 6) is 1.29. The number of rotatable bonds is 5. The van der Waals surface area contributed by atoms with Gasteiger partial charge in [-0.15, -0.1) is 0 Å². The number of aryl methyl sites for hydroxylation is 1. The molecule has 6 heteroatoms. The molecule has 0 saturated carbocycles. The van der Waals surface area contributed by atoms with Crippen LogP contribution in [0.3, 0.4) is 0 Å². The van der Waals surface area contributed by atoms with E-state index in [-0.39, 0.29) is 11.4 Å². The largest absolute Gasteiger partial charge is 0.457 e. The normalized spacial score (nSPS) is 10.4. The van der Waals surface area contributed by atoms with Crippen molar-refractivity contribution in [3.8, 4) is 17.2 Å². The molecule has 0 aliphatic heterocycles.